The number of hydrogen-bond acceptors (Lipinski definition) is 4. The minimum Gasteiger partial charge on any atom is -0.399 e. The first kappa shape index (κ1) is 11.2. The van der Waals surface area contributed by atoms with Crippen molar-refractivity contribution in [3.8, 4) is 0 Å². The highest BCUT2D eigenvalue weighted by molar-refractivity contribution is 5.61. The van der Waals surface area contributed by atoms with E-state index in [4.69, 9.17) is 10.5 Å². The maximum atomic E-state index is 9.33. The number of morpholine rings is 1. The van der Waals surface area contributed by atoms with Crippen LogP contribution in [0.5, 0.6) is 0 Å². The molecule has 3 N–H and O–H groups in total. The molecule has 0 spiro atoms. The molecule has 4 nitrogen and oxygen atoms in total. The second-order valence-corrected chi connectivity index (χ2v) is 4.15. The number of nitrogen functional groups attached to an aromatic ring is 1. The van der Waals surface area contributed by atoms with E-state index >= 15 is 0 Å². The van der Waals surface area contributed by atoms with Crippen molar-refractivity contribution < 1.29 is 9.84 Å². The molecule has 1 saturated heterocycles. The van der Waals surface area contributed by atoms with Crippen LogP contribution in [0.25, 0.3) is 0 Å². The van der Waals surface area contributed by atoms with Gasteiger partial charge >= 0.3 is 0 Å². The summed E-state index contributed by atoms with van der Waals surface area (Å²) >= 11 is 0. The number of hydrogen-bond donors (Lipinski definition) is 2. The van der Waals surface area contributed by atoms with Gasteiger partial charge in [0.25, 0.3) is 0 Å². The lowest BCUT2D eigenvalue weighted by atomic mass is 10.1. The fourth-order valence-electron chi connectivity index (χ4n) is 2.06. The highest BCUT2D eigenvalue weighted by atomic mass is 16.5. The Labute approximate surface area is 95.6 Å². The maximum Gasteiger partial charge on any atom is 0.0755 e. The van der Waals surface area contributed by atoms with Gasteiger partial charge in [0.1, 0.15) is 0 Å². The number of ether oxygens (including phenoxy) is 1. The van der Waals surface area contributed by atoms with Crippen LogP contribution in [0.15, 0.2) is 18.2 Å². The smallest absolute Gasteiger partial charge is 0.0755 e. The zero-order chi connectivity index (χ0) is 11.5. The summed E-state index contributed by atoms with van der Waals surface area (Å²) in [5.41, 5.74) is 8.83. The minimum atomic E-state index is 0.0363. The monoisotopic (exact) mass is 222 g/mol. The van der Waals surface area contributed by atoms with Crippen LogP contribution < -0.4 is 10.6 Å². The van der Waals surface area contributed by atoms with Crippen LogP contribution in [0, 0.1) is 6.92 Å². The Kier molecular flexibility index (Phi) is 3.31. The van der Waals surface area contributed by atoms with Crippen LogP contribution in [-0.2, 0) is 4.74 Å². The average molecular weight is 222 g/mol. The zero-order valence-corrected chi connectivity index (χ0v) is 9.52. The normalized spacial score (nSPS) is 21.1. The van der Waals surface area contributed by atoms with Crippen molar-refractivity contribution in [1.29, 1.82) is 0 Å². The van der Waals surface area contributed by atoms with Gasteiger partial charge in [0.2, 0.25) is 0 Å². The highest BCUT2D eigenvalue weighted by Gasteiger charge is 2.23. The number of aryl methyl sites for hydroxylation is 1. The molecular weight excluding hydrogens is 204 g/mol. The van der Waals surface area contributed by atoms with Crippen molar-refractivity contribution in [3.05, 3.63) is 23.8 Å². The van der Waals surface area contributed by atoms with Crippen molar-refractivity contribution >= 4 is 11.4 Å². The molecule has 1 heterocycles. The molecule has 1 aromatic rings. The molecule has 1 aliphatic rings. The summed E-state index contributed by atoms with van der Waals surface area (Å²) in [7, 11) is 0. The molecule has 1 aliphatic heterocycles. The minimum absolute atomic E-state index is 0.0363. The molecule has 0 amide bonds. The van der Waals surface area contributed by atoms with Crippen LogP contribution >= 0.6 is 0 Å². The van der Waals surface area contributed by atoms with Crippen LogP contribution in [0.3, 0.4) is 0 Å². The number of anilines is 2. The summed E-state index contributed by atoms with van der Waals surface area (Å²) in [4.78, 5) is 2.18. The molecule has 0 bridgehead atoms. The molecule has 2 rings (SSSR count). The van der Waals surface area contributed by atoms with Crippen molar-refractivity contribution in [2.45, 2.75) is 13.0 Å². The highest BCUT2D eigenvalue weighted by Crippen LogP contribution is 2.26. The average Bonchev–Trinajstić information content (AvgIpc) is 2.32. The zero-order valence-electron chi connectivity index (χ0n) is 9.52. The van der Waals surface area contributed by atoms with E-state index in [0.29, 0.717) is 13.2 Å². The molecule has 0 aliphatic carbocycles. The summed E-state index contributed by atoms with van der Waals surface area (Å²) in [6.07, 6.45) is 0. The molecule has 88 valence electrons. The Morgan fingerprint density at radius 2 is 2.38 bits per heavy atom. The number of benzene rings is 1. The Morgan fingerprint density at radius 1 is 1.56 bits per heavy atom. The number of nitrogens with zero attached hydrogens (tertiary/aromatic N) is 1. The van der Waals surface area contributed by atoms with Gasteiger partial charge in [-0.1, -0.05) is 6.07 Å². The largest absolute Gasteiger partial charge is 0.399 e. The number of aliphatic hydroxyl groups is 1. The summed E-state index contributed by atoms with van der Waals surface area (Å²) < 4.78 is 5.36. The molecule has 4 heteroatoms. The third-order valence-corrected chi connectivity index (χ3v) is 2.98. The quantitative estimate of drug-likeness (QED) is 0.726. The molecule has 16 heavy (non-hydrogen) atoms. The summed E-state index contributed by atoms with van der Waals surface area (Å²) in [5, 5.41) is 9.33. The topological polar surface area (TPSA) is 58.7 Å². The number of nitrogens with two attached hydrogens (primary N) is 1. The lowest BCUT2D eigenvalue weighted by molar-refractivity contribution is 0.0726. The second-order valence-electron chi connectivity index (χ2n) is 4.15. The third-order valence-electron chi connectivity index (χ3n) is 2.98. The first-order valence-corrected chi connectivity index (χ1v) is 5.53. The Morgan fingerprint density at radius 3 is 3.12 bits per heavy atom. The predicted molar refractivity (Wildman–Crippen MR) is 64.6 cm³/mol. The van der Waals surface area contributed by atoms with Gasteiger partial charge in [-0.05, 0) is 24.6 Å². The van der Waals surface area contributed by atoms with Gasteiger partial charge in [0.15, 0.2) is 0 Å². The van der Waals surface area contributed by atoms with Crippen LogP contribution in [0.4, 0.5) is 11.4 Å². The fraction of sp³-hybridized carbons (Fsp3) is 0.500. The maximum absolute atomic E-state index is 9.33. The summed E-state index contributed by atoms with van der Waals surface area (Å²) in [6, 6.07) is 5.90. The Balaban J connectivity index is 2.30. The van der Waals surface area contributed by atoms with Crippen molar-refractivity contribution in [1.82, 2.24) is 0 Å². The van der Waals surface area contributed by atoms with E-state index in [-0.39, 0.29) is 12.6 Å². The molecule has 1 aromatic carbocycles. The van der Waals surface area contributed by atoms with Gasteiger partial charge in [-0.2, -0.15) is 0 Å². The fourth-order valence-corrected chi connectivity index (χ4v) is 2.06. The summed E-state index contributed by atoms with van der Waals surface area (Å²) in [6.45, 7) is 4.23. The number of aliphatic hydroxyl groups excluding tert-OH is 1. The van der Waals surface area contributed by atoms with E-state index < -0.39 is 0 Å². The van der Waals surface area contributed by atoms with E-state index in [1.54, 1.807) is 0 Å². The van der Waals surface area contributed by atoms with E-state index in [2.05, 4.69) is 11.8 Å². The lowest BCUT2D eigenvalue weighted by Gasteiger charge is -2.37. The third kappa shape index (κ3) is 2.13. The van der Waals surface area contributed by atoms with Gasteiger partial charge in [0.05, 0.1) is 25.9 Å². The molecule has 1 atom stereocenters. The van der Waals surface area contributed by atoms with Gasteiger partial charge in [-0.3, -0.25) is 0 Å². The van der Waals surface area contributed by atoms with Crippen LogP contribution in [0.1, 0.15) is 5.56 Å². The first-order chi connectivity index (χ1) is 7.72. The van der Waals surface area contributed by atoms with Crippen molar-refractivity contribution in [2.75, 3.05) is 37.0 Å². The molecule has 1 unspecified atom stereocenters. The van der Waals surface area contributed by atoms with E-state index in [0.717, 1.165) is 17.9 Å². The standard InChI is InChI=1S/C12H18N2O2/c1-9-2-3-10(13)6-12(9)14-4-5-16-8-11(14)7-15/h2-3,6,11,15H,4-5,7-8,13H2,1H3. The molecule has 1 fully saturated rings. The van der Waals surface area contributed by atoms with Gasteiger partial charge in [-0.15, -0.1) is 0 Å². The van der Waals surface area contributed by atoms with E-state index in [9.17, 15) is 5.11 Å². The van der Waals surface area contributed by atoms with Crippen LogP contribution in [-0.4, -0.2) is 37.5 Å². The van der Waals surface area contributed by atoms with Gasteiger partial charge in [-0.25, -0.2) is 0 Å². The Bertz CT molecular complexity index is 368. The van der Waals surface area contributed by atoms with Gasteiger partial charge in [0, 0.05) is 17.9 Å². The van der Waals surface area contributed by atoms with Crippen molar-refractivity contribution in [3.63, 3.8) is 0 Å². The van der Waals surface area contributed by atoms with Crippen LogP contribution in [0.2, 0.25) is 0 Å². The summed E-state index contributed by atoms with van der Waals surface area (Å²) in [5.74, 6) is 0. The molecule has 0 saturated carbocycles. The van der Waals surface area contributed by atoms with Gasteiger partial charge < -0.3 is 20.5 Å². The lowest BCUT2D eigenvalue weighted by Crippen LogP contribution is -2.48. The Hall–Kier alpha value is -1.26. The number of rotatable bonds is 2. The SMILES string of the molecule is Cc1ccc(N)cc1N1CCOCC1CO. The molecular formula is C12H18N2O2. The van der Waals surface area contributed by atoms with E-state index in [1.165, 1.54) is 5.56 Å². The van der Waals surface area contributed by atoms with Crippen molar-refractivity contribution in [2.24, 2.45) is 0 Å². The first-order valence-electron chi connectivity index (χ1n) is 5.53. The molecule has 0 aromatic heterocycles. The predicted octanol–water partition coefficient (Wildman–Crippen LogP) is 0.775. The second kappa shape index (κ2) is 4.72. The van der Waals surface area contributed by atoms with E-state index in [1.807, 2.05) is 18.2 Å². The molecule has 0 radical (unpaired) electrons.